The standard InChI is InChI=1S/C29H44O3/c1-28-14-12-22(30)16-20(28)8-10-24-25-11-9-21(29(25,2)15-13-26(24)28)17-23(31)18-27(32)19-6-4-3-5-7-19/h3-7,20-27,30-32H,8-18H2,1-2H3/t20?,21-,22?,23?,24?,25?,26?,27-,28+,29-/m1/s1. The highest BCUT2D eigenvalue weighted by molar-refractivity contribution is 5.17. The molecule has 178 valence electrons. The Morgan fingerprint density at radius 1 is 0.875 bits per heavy atom. The summed E-state index contributed by atoms with van der Waals surface area (Å²) in [5, 5.41) is 31.8. The second-order valence-corrected chi connectivity index (χ2v) is 12.5. The molecule has 0 aromatic heterocycles. The van der Waals surface area contributed by atoms with E-state index in [0.29, 0.717) is 23.2 Å². The van der Waals surface area contributed by atoms with Crippen LogP contribution < -0.4 is 0 Å². The molecular weight excluding hydrogens is 396 g/mol. The van der Waals surface area contributed by atoms with E-state index in [9.17, 15) is 15.3 Å². The van der Waals surface area contributed by atoms with Crippen LogP contribution in [-0.2, 0) is 0 Å². The molecule has 4 aliphatic rings. The van der Waals surface area contributed by atoms with Gasteiger partial charge in [0.1, 0.15) is 0 Å². The summed E-state index contributed by atoms with van der Waals surface area (Å²) < 4.78 is 0. The van der Waals surface area contributed by atoms with Gasteiger partial charge in [0.2, 0.25) is 0 Å². The molecule has 3 heteroatoms. The number of fused-ring (bicyclic) bond motifs is 5. The molecule has 0 radical (unpaired) electrons. The van der Waals surface area contributed by atoms with Crippen LogP contribution in [0.25, 0.3) is 0 Å². The van der Waals surface area contributed by atoms with Crippen molar-refractivity contribution in [1.29, 1.82) is 0 Å². The highest BCUT2D eigenvalue weighted by Gasteiger charge is 2.60. The van der Waals surface area contributed by atoms with Crippen molar-refractivity contribution in [3.8, 4) is 0 Å². The van der Waals surface area contributed by atoms with Crippen molar-refractivity contribution in [1.82, 2.24) is 0 Å². The lowest BCUT2D eigenvalue weighted by atomic mass is 9.44. The van der Waals surface area contributed by atoms with E-state index in [1.807, 2.05) is 30.3 Å². The van der Waals surface area contributed by atoms with Gasteiger partial charge in [-0.15, -0.1) is 0 Å². The first-order chi connectivity index (χ1) is 15.3. The lowest BCUT2D eigenvalue weighted by molar-refractivity contribution is -0.128. The molecule has 1 aromatic rings. The van der Waals surface area contributed by atoms with Crippen LogP contribution in [0.2, 0.25) is 0 Å². The van der Waals surface area contributed by atoms with Gasteiger partial charge in [-0.25, -0.2) is 0 Å². The van der Waals surface area contributed by atoms with Crippen molar-refractivity contribution < 1.29 is 15.3 Å². The molecular formula is C29H44O3. The number of aliphatic hydroxyl groups excluding tert-OH is 3. The molecule has 32 heavy (non-hydrogen) atoms. The van der Waals surface area contributed by atoms with Gasteiger partial charge < -0.3 is 15.3 Å². The minimum absolute atomic E-state index is 0.0675. The zero-order chi connectivity index (χ0) is 22.5. The van der Waals surface area contributed by atoms with Crippen LogP contribution in [0.1, 0.15) is 96.1 Å². The van der Waals surface area contributed by atoms with Crippen molar-refractivity contribution in [2.75, 3.05) is 0 Å². The monoisotopic (exact) mass is 440 g/mol. The van der Waals surface area contributed by atoms with Gasteiger partial charge in [0.05, 0.1) is 18.3 Å². The second-order valence-electron chi connectivity index (χ2n) is 12.5. The molecule has 0 saturated heterocycles. The summed E-state index contributed by atoms with van der Waals surface area (Å²) in [6.07, 6.45) is 11.3. The van der Waals surface area contributed by atoms with Gasteiger partial charge in [-0.05, 0) is 110 Å². The molecule has 3 nitrogen and oxygen atoms in total. The Morgan fingerprint density at radius 2 is 1.59 bits per heavy atom. The van der Waals surface area contributed by atoms with E-state index in [1.54, 1.807) is 0 Å². The predicted molar refractivity (Wildman–Crippen MR) is 128 cm³/mol. The minimum Gasteiger partial charge on any atom is -0.393 e. The van der Waals surface area contributed by atoms with Crippen molar-refractivity contribution in [2.45, 2.75) is 103 Å². The first kappa shape index (κ1) is 22.9. The normalized spacial score (nSPS) is 45.4. The van der Waals surface area contributed by atoms with E-state index < -0.39 is 12.2 Å². The molecule has 0 bridgehead atoms. The average Bonchev–Trinajstić information content (AvgIpc) is 3.11. The van der Waals surface area contributed by atoms with Crippen molar-refractivity contribution >= 4 is 0 Å². The molecule has 0 spiro atoms. The van der Waals surface area contributed by atoms with E-state index >= 15 is 0 Å². The highest BCUT2D eigenvalue weighted by Crippen LogP contribution is 2.67. The van der Waals surface area contributed by atoms with Gasteiger partial charge in [0, 0.05) is 6.42 Å². The molecule has 1 aromatic carbocycles. The van der Waals surface area contributed by atoms with Crippen LogP contribution in [-0.4, -0.2) is 27.5 Å². The summed E-state index contributed by atoms with van der Waals surface area (Å²) in [6.45, 7) is 5.09. The van der Waals surface area contributed by atoms with E-state index in [-0.39, 0.29) is 6.10 Å². The maximum atomic E-state index is 10.9. The van der Waals surface area contributed by atoms with E-state index in [0.717, 1.165) is 48.5 Å². The molecule has 0 amide bonds. The van der Waals surface area contributed by atoms with E-state index in [2.05, 4.69) is 13.8 Å². The Balaban J connectivity index is 1.25. The number of aliphatic hydroxyl groups is 3. The number of hydrogen-bond donors (Lipinski definition) is 3. The van der Waals surface area contributed by atoms with E-state index in [1.165, 1.54) is 44.9 Å². The highest BCUT2D eigenvalue weighted by atomic mass is 16.3. The molecule has 3 N–H and O–H groups in total. The fourth-order valence-electron chi connectivity index (χ4n) is 9.23. The number of benzene rings is 1. The zero-order valence-corrected chi connectivity index (χ0v) is 20.1. The minimum atomic E-state index is -0.580. The third kappa shape index (κ3) is 3.87. The molecule has 0 aliphatic heterocycles. The van der Waals surface area contributed by atoms with Gasteiger partial charge in [-0.3, -0.25) is 0 Å². The van der Waals surface area contributed by atoms with Gasteiger partial charge in [-0.2, -0.15) is 0 Å². The second kappa shape index (κ2) is 8.71. The topological polar surface area (TPSA) is 60.7 Å². The summed E-state index contributed by atoms with van der Waals surface area (Å²) in [5.41, 5.74) is 1.68. The van der Waals surface area contributed by atoms with Gasteiger partial charge in [0.25, 0.3) is 0 Å². The summed E-state index contributed by atoms with van der Waals surface area (Å²) in [7, 11) is 0. The van der Waals surface area contributed by atoms with Crippen LogP contribution in [0.15, 0.2) is 30.3 Å². The Labute approximate surface area is 194 Å². The zero-order valence-electron chi connectivity index (χ0n) is 20.1. The van der Waals surface area contributed by atoms with Crippen LogP contribution in [0, 0.1) is 40.4 Å². The van der Waals surface area contributed by atoms with Crippen LogP contribution in [0.5, 0.6) is 0 Å². The molecule has 6 unspecified atom stereocenters. The molecule has 4 fully saturated rings. The van der Waals surface area contributed by atoms with Gasteiger partial charge >= 0.3 is 0 Å². The first-order valence-electron chi connectivity index (χ1n) is 13.4. The van der Waals surface area contributed by atoms with Crippen LogP contribution >= 0.6 is 0 Å². The first-order valence-corrected chi connectivity index (χ1v) is 13.4. The fraction of sp³-hybridized carbons (Fsp3) is 0.793. The third-order valence-corrected chi connectivity index (χ3v) is 11.1. The lowest BCUT2D eigenvalue weighted by Gasteiger charge is -2.61. The molecule has 4 aliphatic carbocycles. The van der Waals surface area contributed by atoms with Crippen molar-refractivity contribution in [3.05, 3.63) is 35.9 Å². The Kier molecular flexibility index (Phi) is 6.22. The quantitative estimate of drug-likeness (QED) is 0.536. The van der Waals surface area contributed by atoms with Crippen LogP contribution in [0.3, 0.4) is 0 Å². The fourth-order valence-corrected chi connectivity index (χ4v) is 9.23. The van der Waals surface area contributed by atoms with Crippen molar-refractivity contribution in [3.63, 3.8) is 0 Å². The SMILES string of the molecule is C[C@]12CCC(O)CC1CCC1C2CC[C@@]2(C)C1CC[C@@H]2CC(O)C[C@@H](O)c1ccccc1. The van der Waals surface area contributed by atoms with Crippen LogP contribution in [0.4, 0.5) is 0 Å². The van der Waals surface area contributed by atoms with E-state index in [4.69, 9.17) is 0 Å². The van der Waals surface area contributed by atoms with Gasteiger partial charge in [0.15, 0.2) is 0 Å². The summed E-state index contributed by atoms with van der Waals surface area (Å²) in [4.78, 5) is 0. The Morgan fingerprint density at radius 3 is 2.38 bits per heavy atom. The third-order valence-electron chi connectivity index (χ3n) is 11.1. The molecule has 0 heterocycles. The lowest BCUT2D eigenvalue weighted by Crippen LogP contribution is -2.54. The predicted octanol–water partition coefficient (Wildman–Crippen LogP) is 5.88. The molecule has 5 rings (SSSR count). The average molecular weight is 441 g/mol. The summed E-state index contributed by atoms with van der Waals surface area (Å²) >= 11 is 0. The number of hydrogen-bond acceptors (Lipinski definition) is 3. The van der Waals surface area contributed by atoms with Crippen molar-refractivity contribution in [2.24, 2.45) is 40.4 Å². The summed E-state index contributed by atoms with van der Waals surface area (Å²) in [6, 6.07) is 9.77. The summed E-state index contributed by atoms with van der Waals surface area (Å²) in [5.74, 6) is 3.75. The molecule has 10 atom stereocenters. The van der Waals surface area contributed by atoms with Gasteiger partial charge in [-0.1, -0.05) is 44.2 Å². The maximum Gasteiger partial charge on any atom is 0.0814 e. The number of rotatable bonds is 5. The molecule has 4 saturated carbocycles. The smallest absolute Gasteiger partial charge is 0.0814 e. The Bertz CT molecular complexity index is 780. The maximum absolute atomic E-state index is 10.9. The Hall–Kier alpha value is -0.900. The largest absolute Gasteiger partial charge is 0.393 e.